The fraction of sp³-hybridized carbons (Fsp3) is 0.133. The molecule has 3 rings (SSSR count). The Morgan fingerprint density at radius 2 is 1.96 bits per heavy atom. The van der Waals surface area contributed by atoms with Gasteiger partial charge in [0.2, 0.25) is 0 Å². The minimum atomic E-state index is -0.373. The molecule has 2 heterocycles. The molecule has 1 N–H and O–H groups in total. The van der Waals surface area contributed by atoms with Gasteiger partial charge in [0.15, 0.2) is 5.69 Å². The summed E-state index contributed by atoms with van der Waals surface area (Å²) in [5, 5.41) is 12.0. The van der Waals surface area contributed by atoms with E-state index >= 15 is 0 Å². The van der Waals surface area contributed by atoms with Crippen LogP contribution in [0.25, 0.3) is 0 Å². The number of amides is 1. The molecule has 0 fully saturated rings. The van der Waals surface area contributed by atoms with E-state index in [1.165, 1.54) is 4.68 Å². The third-order valence-corrected chi connectivity index (χ3v) is 3.68. The summed E-state index contributed by atoms with van der Waals surface area (Å²) in [5.74, 6) is -0.373. The van der Waals surface area contributed by atoms with Gasteiger partial charge in [-0.2, -0.15) is 10.2 Å². The normalized spacial score (nSPS) is 10.7. The van der Waals surface area contributed by atoms with Crippen molar-refractivity contribution in [1.29, 1.82) is 0 Å². The zero-order chi connectivity index (χ0) is 16.4. The zero-order valence-electron chi connectivity index (χ0n) is 12.2. The Bertz CT molecular complexity index is 838. The summed E-state index contributed by atoms with van der Waals surface area (Å²) in [5.41, 5.74) is 1.81. The highest BCUT2D eigenvalue weighted by Gasteiger charge is 2.15. The number of anilines is 1. The number of hydrogen-bond donors (Lipinski definition) is 1. The van der Waals surface area contributed by atoms with Crippen molar-refractivity contribution < 1.29 is 4.79 Å². The van der Waals surface area contributed by atoms with Crippen LogP contribution in [0.3, 0.4) is 0 Å². The van der Waals surface area contributed by atoms with Gasteiger partial charge in [0, 0.05) is 24.5 Å². The topological polar surface area (TPSA) is 64.7 Å². The minimum Gasteiger partial charge on any atom is -0.318 e. The highest BCUT2D eigenvalue weighted by Crippen LogP contribution is 2.16. The molecule has 8 heteroatoms. The summed E-state index contributed by atoms with van der Waals surface area (Å²) in [6.45, 7) is 0.581. The molecule has 1 aromatic carbocycles. The molecule has 0 bridgehead atoms. The second kappa shape index (κ2) is 6.44. The molecule has 0 radical (unpaired) electrons. The van der Waals surface area contributed by atoms with E-state index in [1.54, 1.807) is 30.3 Å². The summed E-state index contributed by atoms with van der Waals surface area (Å²) < 4.78 is 3.21. The number of benzene rings is 1. The van der Waals surface area contributed by atoms with Crippen LogP contribution in [0, 0.1) is 0 Å². The van der Waals surface area contributed by atoms with Gasteiger partial charge in [0.05, 0.1) is 23.5 Å². The Morgan fingerprint density at radius 1 is 1.22 bits per heavy atom. The number of carbonyl (C=O) groups is 1. The maximum absolute atomic E-state index is 12.1. The Hall–Kier alpha value is -2.31. The Labute approximate surface area is 142 Å². The van der Waals surface area contributed by atoms with E-state index in [0.29, 0.717) is 22.3 Å². The summed E-state index contributed by atoms with van der Waals surface area (Å²) in [4.78, 5) is 12.1. The third kappa shape index (κ3) is 3.72. The molecule has 0 unspecified atom stereocenters. The van der Waals surface area contributed by atoms with Gasteiger partial charge >= 0.3 is 0 Å². The van der Waals surface area contributed by atoms with Crippen LogP contribution in [-0.4, -0.2) is 25.5 Å². The smallest absolute Gasteiger partial charge is 0.277 e. The van der Waals surface area contributed by atoms with Crippen molar-refractivity contribution in [2.45, 2.75) is 6.54 Å². The molecular formula is C15H13Cl2N5O. The lowest BCUT2D eigenvalue weighted by Crippen LogP contribution is -2.13. The van der Waals surface area contributed by atoms with Gasteiger partial charge < -0.3 is 5.32 Å². The molecule has 3 aromatic rings. The Kier molecular flexibility index (Phi) is 4.36. The molecule has 0 aliphatic rings. The number of nitrogens with zero attached hydrogens (tertiary/aromatic N) is 4. The predicted molar refractivity (Wildman–Crippen MR) is 89.0 cm³/mol. The van der Waals surface area contributed by atoms with Crippen LogP contribution >= 0.6 is 23.2 Å². The van der Waals surface area contributed by atoms with E-state index in [-0.39, 0.29) is 11.6 Å². The van der Waals surface area contributed by atoms with Crippen LogP contribution in [0.15, 0.2) is 42.9 Å². The van der Waals surface area contributed by atoms with Crippen molar-refractivity contribution in [2.75, 3.05) is 5.32 Å². The SMILES string of the molecule is Cn1cc(Cl)c(C(=O)Nc2cnn(Cc3ccc(Cl)cc3)c2)n1. The van der Waals surface area contributed by atoms with Crippen LogP contribution in [0.1, 0.15) is 16.1 Å². The van der Waals surface area contributed by atoms with E-state index in [4.69, 9.17) is 23.2 Å². The molecule has 6 nitrogen and oxygen atoms in total. The number of halogens is 2. The van der Waals surface area contributed by atoms with Gasteiger partial charge in [0.1, 0.15) is 0 Å². The predicted octanol–water partition coefficient (Wildman–Crippen LogP) is 3.22. The van der Waals surface area contributed by atoms with E-state index in [2.05, 4.69) is 15.5 Å². The maximum Gasteiger partial charge on any atom is 0.277 e. The molecule has 0 saturated heterocycles. The molecule has 23 heavy (non-hydrogen) atoms. The average molecular weight is 350 g/mol. The number of nitrogens with one attached hydrogen (secondary N) is 1. The van der Waals surface area contributed by atoms with Crippen molar-refractivity contribution in [3.63, 3.8) is 0 Å². The standard InChI is InChI=1S/C15H13Cl2N5O/c1-21-9-13(17)14(20-21)15(23)19-12-6-18-22(8-12)7-10-2-4-11(16)5-3-10/h2-6,8-9H,7H2,1H3,(H,19,23). The highest BCUT2D eigenvalue weighted by atomic mass is 35.5. The fourth-order valence-corrected chi connectivity index (χ4v) is 2.49. The van der Waals surface area contributed by atoms with Gasteiger partial charge in [-0.25, -0.2) is 0 Å². The first-order valence-corrected chi connectivity index (χ1v) is 7.54. The minimum absolute atomic E-state index is 0.180. The van der Waals surface area contributed by atoms with Crippen LogP contribution in [0.4, 0.5) is 5.69 Å². The Morgan fingerprint density at radius 3 is 2.61 bits per heavy atom. The second-order valence-electron chi connectivity index (χ2n) is 5.01. The van der Waals surface area contributed by atoms with Crippen LogP contribution < -0.4 is 5.32 Å². The molecule has 0 aliphatic carbocycles. The summed E-state index contributed by atoms with van der Waals surface area (Å²) >= 11 is 11.8. The molecule has 0 saturated carbocycles. The lowest BCUT2D eigenvalue weighted by Gasteiger charge is -2.02. The lowest BCUT2D eigenvalue weighted by atomic mass is 10.2. The average Bonchev–Trinajstić information content (AvgIpc) is 3.07. The van der Waals surface area contributed by atoms with Crippen molar-refractivity contribution in [3.05, 3.63) is 64.2 Å². The quantitative estimate of drug-likeness (QED) is 0.786. The number of aromatic nitrogens is 4. The molecule has 1 amide bonds. The van der Waals surface area contributed by atoms with Crippen molar-refractivity contribution in [2.24, 2.45) is 7.05 Å². The highest BCUT2D eigenvalue weighted by molar-refractivity contribution is 6.34. The van der Waals surface area contributed by atoms with Gasteiger partial charge in [-0.05, 0) is 17.7 Å². The molecule has 0 spiro atoms. The first-order chi connectivity index (χ1) is 11.0. The van der Waals surface area contributed by atoms with Gasteiger partial charge in [-0.3, -0.25) is 14.2 Å². The first-order valence-electron chi connectivity index (χ1n) is 6.78. The number of hydrogen-bond acceptors (Lipinski definition) is 3. The summed E-state index contributed by atoms with van der Waals surface area (Å²) in [6, 6.07) is 7.50. The summed E-state index contributed by atoms with van der Waals surface area (Å²) in [7, 11) is 1.70. The van der Waals surface area contributed by atoms with Crippen molar-refractivity contribution in [1.82, 2.24) is 19.6 Å². The maximum atomic E-state index is 12.1. The number of aryl methyl sites for hydroxylation is 1. The molecule has 118 valence electrons. The first kappa shape index (κ1) is 15.6. The molecule has 0 atom stereocenters. The van der Waals surface area contributed by atoms with E-state index in [1.807, 2.05) is 24.3 Å². The third-order valence-electron chi connectivity index (χ3n) is 3.15. The monoisotopic (exact) mass is 349 g/mol. The Balaban J connectivity index is 1.68. The molecular weight excluding hydrogens is 337 g/mol. The fourth-order valence-electron chi connectivity index (χ4n) is 2.10. The van der Waals surface area contributed by atoms with Crippen molar-refractivity contribution >= 4 is 34.8 Å². The van der Waals surface area contributed by atoms with Crippen LogP contribution in [0.5, 0.6) is 0 Å². The van der Waals surface area contributed by atoms with Crippen molar-refractivity contribution in [3.8, 4) is 0 Å². The second-order valence-corrected chi connectivity index (χ2v) is 5.85. The van der Waals surface area contributed by atoms with Gasteiger partial charge in [-0.15, -0.1) is 0 Å². The van der Waals surface area contributed by atoms with Crippen LogP contribution in [0.2, 0.25) is 10.0 Å². The molecule has 0 aliphatic heterocycles. The zero-order valence-corrected chi connectivity index (χ0v) is 13.7. The van der Waals surface area contributed by atoms with Crippen LogP contribution in [-0.2, 0) is 13.6 Å². The van der Waals surface area contributed by atoms with E-state index in [0.717, 1.165) is 5.56 Å². The molecule has 2 aromatic heterocycles. The largest absolute Gasteiger partial charge is 0.318 e. The van der Waals surface area contributed by atoms with E-state index in [9.17, 15) is 4.79 Å². The number of carbonyl (C=O) groups excluding carboxylic acids is 1. The van der Waals surface area contributed by atoms with E-state index < -0.39 is 0 Å². The lowest BCUT2D eigenvalue weighted by molar-refractivity contribution is 0.102. The van der Waals surface area contributed by atoms with Gasteiger partial charge in [0.25, 0.3) is 5.91 Å². The summed E-state index contributed by atoms with van der Waals surface area (Å²) in [6.07, 6.45) is 4.88. The number of rotatable bonds is 4. The van der Waals surface area contributed by atoms with Gasteiger partial charge in [-0.1, -0.05) is 35.3 Å².